The largest absolute Gasteiger partial charge is 0.496 e. The van der Waals surface area contributed by atoms with Crippen molar-refractivity contribution < 1.29 is 13.9 Å². The van der Waals surface area contributed by atoms with Gasteiger partial charge in [0, 0.05) is 6.54 Å². The minimum absolute atomic E-state index is 0.0875. The van der Waals surface area contributed by atoms with Crippen LogP contribution in [0, 0.1) is 6.92 Å². The van der Waals surface area contributed by atoms with Crippen molar-refractivity contribution in [3.05, 3.63) is 23.3 Å². The van der Waals surface area contributed by atoms with Crippen LogP contribution in [-0.2, 0) is 0 Å². The van der Waals surface area contributed by atoms with Gasteiger partial charge >= 0.3 is 0 Å². The minimum Gasteiger partial charge on any atom is -0.496 e. The van der Waals surface area contributed by atoms with Gasteiger partial charge < -0.3 is 15.2 Å². The number of benzene rings is 1. The van der Waals surface area contributed by atoms with Gasteiger partial charge in [-0.1, -0.05) is 0 Å². The van der Waals surface area contributed by atoms with E-state index in [-0.39, 0.29) is 6.54 Å². The average Bonchev–Trinajstić information content (AvgIpc) is 2.26. The maximum absolute atomic E-state index is 13.6. The number of aryl methyl sites for hydroxylation is 1. The molecule has 0 radical (unpaired) electrons. The molecule has 2 N–H and O–H groups in total. The molecule has 84 valence electrons. The molecule has 1 rings (SSSR count). The Labute approximate surface area is 89.0 Å². The third-order valence-electron chi connectivity index (χ3n) is 2.21. The number of hydrogen-bond acceptors (Lipinski definition) is 3. The second-order valence-corrected chi connectivity index (χ2v) is 3.29. The van der Waals surface area contributed by atoms with E-state index in [1.165, 1.54) is 14.2 Å². The van der Waals surface area contributed by atoms with E-state index in [2.05, 4.69) is 0 Å². The van der Waals surface area contributed by atoms with Gasteiger partial charge in [0.15, 0.2) is 0 Å². The van der Waals surface area contributed by atoms with Crippen molar-refractivity contribution in [3.63, 3.8) is 0 Å². The summed E-state index contributed by atoms with van der Waals surface area (Å²) < 4.78 is 23.8. The van der Waals surface area contributed by atoms with E-state index in [1.807, 2.05) is 6.92 Å². The second-order valence-electron chi connectivity index (χ2n) is 3.29. The number of nitrogens with two attached hydrogens (primary N) is 1. The number of hydrogen-bond donors (Lipinski definition) is 1. The normalized spacial score (nSPS) is 12.3. The molecule has 0 saturated heterocycles. The van der Waals surface area contributed by atoms with Gasteiger partial charge in [-0.05, 0) is 24.6 Å². The van der Waals surface area contributed by atoms with Crippen LogP contribution < -0.4 is 15.2 Å². The van der Waals surface area contributed by atoms with Crippen LogP contribution in [0.4, 0.5) is 4.39 Å². The molecular formula is C11H16FNO2. The molecular weight excluding hydrogens is 197 g/mol. The summed E-state index contributed by atoms with van der Waals surface area (Å²) in [6, 6.07) is 3.53. The van der Waals surface area contributed by atoms with Crippen molar-refractivity contribution in [2.75, 3.05) is 20.8 Å². The van der Waals surface area contributed by atoms with Crippen LogP contribution >= 0.6 is 0 Å². The highest BCUT2D eigenvalue weighted by atomic mass is 19.1. The fraction of sp³-hybridized carbons (Fsp3) is 0.455. The molecule has 3 nitrogen and oxygen atoms in total. The van der Waals surface area contributed by atoms with E-state index in [4.69, 9.17) is 15.2 Å². The number of halogens is 1. The molecule has 0 aromatic heterocycles. The standard InChI is InChI=1S/C11H16FNO2/c1-7-4-9(14-2)11(8(12)6-13)10(5-7)15-3/h4-5,8H,6,13H2,1-3H3. The molecule has 0 aliphatic carbocycles. The van der Waals surface area contributed by atoms with Crippen molar-refractivity contribution in [2.45, 2.75) is 13.1 Å². The van der Waals surface area contributed by atoms with Gasteiger partial charge in [0.05, 0.1) is 19.8 Å². The highest BCUT2D eigenvalue weighted by Crippen LogP contribution is 2.36. The summed E-state index contributed by atoms with van der Waals surface area (Å²) >= 11 is 0. The Morgan fingerprint density at radius 2 is 1.73 bits per heavy atom. The first-order chi connectivity index (χ1) is 7.13. The van der Waals surface area contributed by atoms with Crippen LogP contribution in [0.5, 0.6) is 11.5 Å². The van der Waals surface area contributed by atoms with Crippen LogP contribution in [-0.4, -0.2) is 20.8 Å². The van der Waals surface area contributed by atoms with E-state index in [1.54, 1.807) is 12.1 Å². The molecule has 0 spiro atoms. The third kappa shape index (κ3) is 2.39. The number of methoxy groups -OCH3 is 2. The highest BCUT2D eigenvalue weighted by Gasteiger charge is 2.19. The molecule has 0 saturated carbocycles. The third-order valence-corrected chi connectivity index (χ3v) is 2.21. The molecule has 1 atom stereocenters. The Bertz CT molecular complexity index is 316. The van der Waals surface area contributed by atoms with Crippen molar-refractivity contribution in [3.8, 4) is 11.5 Å². The molecule has 0 heterocycles. The maximum atomic E-state index is 13.6. The van der Waals surface area contributed by atoms with Crippen molar-refractivity contribution in [1.82, 2.24) is 0 Å². The van der Waals surface area contributed by atoms with E-state index in [0.29, 0.717) is 17.1 Å². The lowest BCUT2D eigenvalue weighted by Crippen LogP contribution is -2.10. The molecule has 4 heteroatoms. The predicted molar refractivity (Wildman–Crippen MR) is 57.2 cm³/mol. The van der Waals surface area contributed by atoms with Gasteiger partial charge in [0.2, 0.25) is 0 Å². The van der Waals surface area contributed by atoms with Gasteiger partial charge in [-0.25, -0.2) is 4.39 Å². The Morgan fingerprint density at radius 3 is 2.07 bits per heavy atom. The first kappa shape index (κ1) is 11.8. The van der Waals surface area contributed by atoms with Crippen LogP contribution in [0.1, 0.15) is 17.3 Å². The monoisotopic (exact) mass is 213 g/mol. The van der Waals surface area contributed by atoms with E-state index in [0.717, 1.165) is 5.56 Å². The highest BCUT2D eigenvalue weighted by molar-refractivity contribution is 5.49. The lowest BCUT2D eigenvalue weighted by molar-refractivity contribution is 0.312. The van der Waals surface area contributed by atoms with Crippen LogP contribution in [0.3, 0.4) is 0 Å². The minimum atomic E-state index is -1.27. The summed E-state index contributed by atoms with van der Waals surface area (Å²) in [4.78, 5) is 0. The molecule has 0 amide bonds. The predicted octanol–water partition coefficient (Wildman–Crippen LogP) is 1.98. The molecule has 0 aliphatic rings. The zero-order valence-electron chi connectivity index (χ0n) is 9.21. The van der Waals surface area contributed by atoms with Crippen LogP contribution in [0.2, 0.25) is 0 Å². The smallest absolute Gasteiger partial charge is 0.144 e. The van der Waals surface area contributed by atoms with Gasteiger partial charge in [-0.15, -0.1) is 0 Å². The number of ether oxygens (including phenoxy) is 2. The fourth-order valence-corrected chi connectivity index (χ4v) is 1.50. The van der Waals surface area contributed by atoms with Gasteiger partial charge in [-0.3, -0.25) is 0 Å². The zero-order chi connectivity index (χ0) is 11.4. The molecule has 1 aromatic rings. The molecule has 1 aromatic carbocycles. The van der Waals surface area contributed by atoms with E-state index < -0.39 is 6.17 Å². The molecule has 0 fully saturated rings. The van der Waals surface area contributed by atoms with Gasteiger partial charge in [-0.2, -0.15) is 0 Å². The fourth-order valence-electron chi connectivity index (χ4n) is 1.50. The van der Waals surface area contributed by atoms with Gasteiger partial charge in [0.1, 0.15) is 17.7 Å². The van der Waals surface area contributed by atoms with Crippen LogP contribution in [0.15, 0.2) is 12.1 Å². The quantitative estimate of drug-likeness (QED) is 0.831. The maximum Gasteiger partial charge on any atom is 0.144 e. The van der Waals surface area contributed by atoms with Crippen molar-refractivity contribution >= 4 is 0 Å². The molecule has 0 aliphatic heterocycles. The Hall–Kier alpha value is -1.29. The summed E-state index contributed by atoms with van der Waals surface area (Å²) in [7, 11) is 3.00. The summed E-state index contributed by atoms with van der Waals surface area (Å²) in [6.07, 6.45) is -1.27. The lowest BCUT2D eigenvalue weighted by Gasteiger charge is -2.16. The van der Waals surface area contributed by atoms with Crippen molar-refractivity contribution in [2.24, 2.45) is 5.73 Å². The lowest BCUT2D eigenvalue weighted by atomic mass is 10.1. The molecule has 15 heavy (non-hydrogen) atoms. The second kappa shape index (κ2) is 4.98. The van der Waals surface area contributed by atoms with E-state index >= 15 is 0 Å². The summed E-state index contributed by atoms with van der Waals surface area (Å²) in [5, 5.41) is 0. The zero-order valence-corrected chi connectivity index (χ0v) is 9.21. The SMILES string of the molecule is COc1cc(C)cc(OC)c1C(F)CN. The molecule has 1 unspecified atom stereocenters. The van der Waals surface area contributed by atoms with E-state index in [9.17, 15) is 4.39 Å². The average molecular weight is 213 g/mol. The summed E-state index contributed by atoms with van der Waals surface area (Å²) in [6.45, 7) is 1.81. The Balaban J connectivity index is 3.30. The number of rotatable bonds is 4. The van der Waals surface area contributed by atoms with Crippen molar-refractivity contribution in [1.29, 1.82) is 0 Å². The molecule has 0 bridgehead atoms. The Morgan fingerprint density at radius 1 is 1.27 bits per heavy atom. The number of alkyl halides is 1. The first-order valence-corrected chi connectivity index (χ1v) is 4.70. The summed E-state index contributed by atoms with van der Waals surface area (Å²) in [5.41, 5.74) is 6.64. The summed E-state index contributed by atoms with van der Waals surface area (Å²) in [5.74, 6) is 0.953. The topological polar surface area (TPSA) is 44.5 Å². The first-order valence-electron chi connectivity index (χ1n) is 4.70. The Kier molecular flexibility index (Phi) is 3.91. The van der Waals surface area contributed by atoms with Crippen LogP contribution in [0.25, 0.3) is 0 Å². The van der Waals surface area contributed by atoms with Gasteiger partial charge in [0.25, 0.3) is 0 Å².